The maximum absolute atomic E-state index is 12.8. The van der Waals surface area contributed by atoms with Crippen LogP contribution in [-0.4, -0.2) is 87.5 Å². The fourth-order valence-electron chi connectivity index (χ4n) is 6.68. The number of aliphatic hydroxyl groups excluding tert-OH is 5. The first-order chi connectivity index (χ1) is 26.3. The Hall–Kier alpha value is -1.85. The number of carbonyl (C=O) groups excluding carboxylic acids is 1. The van der Waals surface area contributed by atoms with Gasteiger partial charge in [0.2, 0.25) is 5.91 Å². The minimum absolute atomic E-state index is 0.142. The molecule has 0 aromatic rings. The summed E-state index contributed by atoms with van der Waals surface area (Å²) in [6.45, 7) is 3.58. The van der Waals surface area contributed by atoms with Gasteiger partial charge in [-0.1, -0.05) is 165 Å². The molecule has 1 rings (SSSR count). The summed E-state index contributed by atoms with van der Waals surface area (Å²) in [5.74, 6) is -0.157. The molecule has 1 amide bonds. The van der Waals surface area contributed by atoms with E-state index < -0.39 is 49.5 Å². The van der Waals surface area contributed by atoms with Crippen molar-refractivity contribution in [1.29, 1.82) is 0 Å². The molecule has 6 N–H and O–H groups in total. The Bertz CT molecular complexity index is 983. The molecule has 0 bridgehead atoms. The highest BCUT2D eigenvalue weighted by atomic mass is 16.7. The van der Waals surface area contributed by atoms with E-state index in [0.29, 0.717) is 12.8 Å². The van der Waals surface area contributed by atoms with Crippen LogP contribution < -0.4 is 5.32 Å². The lowest BCUT2D eigenvalue weighted by molar-refractivity contribution is -0.302. The standard InChI is InChI=1S/C45H81NO8/c1-3-5-7-9-10-11-12-13-14-15-16-17-18-19-20-21-22-23-24-25-26-27-28-29-30-31-33-35-41(49)46-38(39(48)34-32-8-6-4-2)37-53-45-44(52)43(51)42(50)40(36-47)54-45/h5,7,10-11,13-14,16-17,38-40,42-45,47-48,50-52H,3-4,6,8-9,12,15,18-37H2,1-2H3,(H,46,49)/b7-5-,11-10-,14-13-,17-16-. The molecule has 0 aromatic heterocycles. The molecule has 0 aliphatic carbocycles. The van der Waals surface area contributed by atoms with Crippen molar-refractivity contribution in [3.63, 3.8) is 0 Å². The van der Waals surface area contributed by atoms with E-state index in [1.54, 1.807) is 0 Å². The van der Waals surface area contributed by atoms with Crippen molar-refractivity contribution in [3.8, 4) is 0 Å². The number of unbranched alkanes of at least 4 members (excludes halogenated alkanes) is 17. The minimum Gasteiger partial charge on any atom is -0.394 e. The van der Waals surface area contributed by atoms with E-state index in [1.807, 2.05) is 0 Å². The number of aliphatic hydroxyl groups is 5. The van der Waals surface area contributed by atoms with Crippen LogP contribution in [0.25, 0.3) is 0 Å². The van der Waals surface area contributed by atoms with Crippen molar-refractivity contribution in [3.05, 3.63) is 48.6 Å². The van der Waals surface area contributed by atoms with E-state index in [2.05, 4.69) is 67.8 Å². The number of amides is 1. The third-order valence-electron chi connectivity index (χ3n) is 10.2. The number of nitrogens with one attached hydrogen (secondary N) is 1. The van der Waals surface area contributed by atoms with Gasteiger partial charge in [0, 0.05) is 6.42 Å². The predicted octanol–water partition coefficient (Wildman–Crippen LogP) is 8.67. The van der Waals surface area contributed by atoms with Crippen molar-refractivity contribution in [2.45, 2.75) is 217 Å². The molecule has 1 aliphatic heterocycles. The predicted molar refractivity (Wildman–Crippen MR) is 221 cm³/mol. The lowest BCUT2D eigenvalue weighted by Crippen LogP contribution is -2.60. The molecule has 314 valence electrons. The second-order valence-corrected chi connectivity index (χ2v) is 15.1. The number of allylic oxidation sites excluding steroid dienone is 8. The van der Waals surface area contributed by atoms with Crippen molar-refractivity contribution < 1.29 is 39.8 Å². The Morgan fingerprint density at radius 2 is 1.15 bits per heavy atom. The molecular weight excluding hydrogens is 682 g/mol. The number of ether oxygens (including phenoxy) is 2. The number of hydrogen-bond acceptors (Lipinski definition) is 8. The Morgan fingerprint density at radius 3 is 1.69 bits per heavy atom. The lowest BCUT2D eigenvalue weighted by atomic mass is 9.99. The van der Waals surface area contributed by atoms with Crippen molar-refractivity contribution in [2.75, 3.05) is 13.2 Å². The van der Waals surface area contributed by atoms with Gasteiger partial charge in [-0.25, -0.2) is 0 Å². The maximum Gasteiger partial charge on any atom is 0.220 e. The van der Waals surface area contributed by atoms with Crippen LogP contribution in [0.3, 0.4) is 0 Å². The lowest BCUT2D eigenvalue weighted by Gasteiger charge is -2.40. The highest BCUT2D eigenvalue weighted by molar-refractivity contribution is 5.76. The maximum atomic E-state index is 12.8. The van der Waals surface area contributed by atoms with Crippen LogP contribution in [0.2, 0.25) is 0 Å². The van der Waals surface area contributed by atoms with Crippen LogP contribution >= 0.6 is 0 Å². The Morgan fingerprint density at radius 1 is 0.648 bits per heavy atom. The molecule has 0 saturated carbocycles. The number of rotatable bonds is 35. The Labute approximate surface area is 329 Å². The molecule has 1 heterocycles. The first kappa shape index (κ1) is 50.2. The molecule has 9 heteroatoms. The molecule has 7 unspecified atom stereocenters. The molecule has 7 atom stereocenters. The molecule has 0 spiro atoms. The SMILES string of the molecule is CC/C=C\C/C=C\C/C=C\C/C=C\CCCCCCCCCCCCCCCCC(=O)NC(COC1OC(CO)C(O)C(O)C1O)C(O)CCCCCC. The van der Waals surface area contributed by atoms with E-state index in [1.165, 1.54) is 77.0 Å². The highest BCUT2D eigenvalue weighted by Crippen LogP contribution is 2.23. The molecule has 1 aliphatic rings. The van der Waals surface area contributed by atoms with Crippen molar-refractivity contribution >= 4 is 5.91 Å². The summed E-state index contributed by atoms with van der Waals surface area (Å²) >= 11 is 0. The van der Waals surface area contributed by atoms with Crippen LogP contribution in [0.5, 0.6) is 0 Å². The van der Waals surface area contributed by atoms with Gasteiger partial charge in [-0.05, 0) is 51.4 Å². The average molecular weight is 764 g/mol. The quantitative estimate of drug-likeness (QED) is 0.0278. The Kier molecular flexibility index (Phi) is 33.0. The van der Waals surface area contributed by atoms with E-state index in [-0.39, 0.29) is 12.5 Å². The van der Waals surface area contributed by atoms with Crippen LogP contribution in [-0.2, 0) is 14.3 Å². The summed E-state index contributed by atoms with van der Waals surface area (Å²) in [5.41, 5.74) is 0. The zero-order valence-electron chi connectivity index (χ0n) is 34.2. The first-order valence-electron chi connectivity index (χ1n) is 21.8. The average Bonchev–Trinajstić information content (AvgIpc) is 3.17. The van der Waals surface area contributed by atoms with Gasteiger partial charge in [0.25, 0.3) is 0 Å². The summed E-state index contributed by atoms with van der Waals surface area (Å²) in [6, 6.07) is -0.715. The Balaban J connectivity index is 2.09. The van der Waals surface area contributed by atoms with E-state index in [0.717, 1.165) is 70.6 Å². The van der Waals surface area contributed by atoms with Gasteiger partial charge in [-0.3, -0.25) is 4.79 Å². The summed E-state index contributed by atoms with van der Waals surface area (Å²) in [7, 11) is 0. The molecule has 0 aromatic carbocycles. The third-order valence-corrected chi connectivity index (χ3v) is 10.2. The van der Waals surface area contributed by atoms with Gasteiger partial charge in [0.05, 0.1) is 25.4 Å². The molecular formula is C45H81NO8. The molecule has 1 fully saturated rings. The molecule has 0 radical (unpaired) electrons. The minimum atomic E-state index is -1.55. The molecule has 54 heavy (non-hydrogen) atoms. The van der Waals surface area contributed by atoms with E-state index in [9.17, 15) is 30.3 Å². The van der Waals surface area contributed by atoms with Gasteiger partial charge in [-0.2, -0.15) is 0 Å². The number of carbonyl (C=O) groups is 1. The molecule has 9 nitrogen and oxygen atoms in total. The van der Waals surface area contributed by atoms with Crippen molar-refractivity contribution in [1.82, 2.24) is 5.32 Å². The zero-order valence-corrected chi connectivity index (χ0v) is 34.2. The highest BCUT2D eigenvalue weighted by Gasteiger charge is 2.44. The van der Waals surface area contributed by atoms with E-state index >= 15 is 0 Å². The van der Waals surface area contributed by atoms with Gasteiger partial charge < -0.3 is 40.3 Å². The number of hydrogen-bond donors (Lipinski definition) is 6. The topological polar surface area (TPSA) is 149 Å². The summed E-state index contributed by atoms with van der Waals surface area (Å²) in [5, 5.41) is 53.7. The van der Waals surface area contributed by atoms with E-state index in [4.69, 9.17) is 9.47 Å². The zero-order chi connectivity index (χ0) is 39.5. The summed E-state index contributed by atoms with van der Waals surface area (Å²) in [4.78, 5) is 12.8. The monoisotopic (exact) mass is 764 g/mol. The summed E-state index contributed by atoms with van der Waals surface area (Å²) in [6.07, 6.45) is 37.7. The third kappa shape index (κ3) is 26.1. The first-order valence-corrected chi connectivity index (χ1v) is 21.8. The van der Waals surface area contributed by atoms with Gasteiger partial charge >= 0.3 is 0 Å². The van der Waals surface area contributed by atoms with Crippen molar-refractivity contribution in [2.24, 2.45) is 0 Å². The van der Waals surface area contributed by atoms with Crippen LogP contribution in [0.15, 0.2) is 48.6 Å². The van der Waals surface area contributed by atoms with Gasteiger partial charge in [0.1, 0.15) is 24.4 Å². The van der Waals surface area contributed by atoms with Crippen LogP contribution in [0.4, 0.5) is 0 Å². The van der Waals surface area contributed by atoms with Gasteiger partial charge in [0.15, 0.2) is 6.29 Å². The van der Waals surface area contributed by atoms with Crippen LogP contribution in [0.1, 0.15) is 174 Å². The normalized spacial score (nSPS) is 21.9. The second-order valence-electron chi connectivity index (χ2n) is 15.1. The van der Waals surface area contributed by atoms with Gasteiger partial charge in [-0.15, -0.1) is 0 Å². The second kappa shape index (κ2) is 35.6. The smallest absolute Gasteiger partial charge is 0.220 e. The van der Waals surface area contributed by atoms with Crippen LogP contribution in [0, 0.1) is 0 Å². The summed E-state index contributed by atoms with van der Waals surface area (Å²) < 4.78 is 11.1. The largest absolute Gasteiger partial charge is 0.394 e. The molecule has 1 saturated heterocycles. The fourth-order valence-corrected chi connectivity index (χ4v) is 6.68. The fraction of sp³-hybridized carbons (Fsp3) is 0.800.